The molecule has 1 saturated heterocycles. The summed E-state index contributed by atoms with van der Waals surface area (Å²) in [5.41, 5.74) is 2.31. The van der Waals surface area contributed by atoms with Crippen molar-refractivity contribution >= 4 is 0 Å². The zero-order valence-corrected chi connectivity index (χ0v) is 10.2. The van der Waals surface area contributed by atoms with Crippen molar-refractivity contribution in [3.05, 3.63) is 71.8 Å². The summed E-state index contributed by atoms with van der Waals surface area (Å²) in [4.78, 5) is 0. The van der Waals surface area contributed by atoms with E-state index in [2.05, 4.69) is 12.1 Å². The van der Waals surface area contributed by atoms with Crippen molar-refractivity contribution in [2.75, 3.05) is 6.61 Å². The minimum atomic E-state index is -0.245. The van der Waals surface area contributed by atoms with Crippen LogP contribution in [0.2, 0.25) is 0 Å². The summed E-state index contributed by atoms with van der Waals surface area (Å²) in [7, 11) is 0. The molecule has 2 heteroatoms. The Morgan fingerprint density at radius 2 is 1.39 bits per heavy atom. The molecule has 0 N–H and O–H groups in total. The standard InChI is InChI=1S/C16H16O2/c1-3-7-13(8-4-1)15-11-12-17-16(18-15)14-9-5-2-6-10-14/h1-10,15-16H,11-12H2. The van der Waals surface area contributed by atoms with Crippen molar-refractivity contribution in [1.29, 1.82) is 0 Å². The summed E-state index contributed by atoms with van der Waals surface area (Å²) in [6, 6.07) is 20.4. The molecule has 3 rings (SSSR count). The molecule has 0 bridgehead atoms. The van der Waals surface area contributed by atoms with Crippen LogP contribution in [0.1, 0.15) is 29.9 Å². The van der Waals surface area contributed by atoms with Crippen molar-refractivity contribution < 1.29 is 9.47 Å². The summed E-state index contributed by atoms with van der Waals surface area (Å²) in [6.07, 6.45) is 0.795. The third kappa shape index (κ3) is 2.45. The van der Waals surface area contributed by atoms with Crippen LogP contribution in [-0.4, -0.2) is 6.61 Å². The van der Waals surface area contributed by atoms with Crippen molar-refractivity contribution in [1.82, 2.24) is 0 Å². The molecule has 1 aliphatic heterocycles. The van der Waals surface area contributed by atoms with Crippen molar-refractivity contribution in [3.8, 4) is 0 Å². The van der Waals surface area contributed by atoms with Crippen LogP contribution < -0.4 is 0 Å². The SMILES string of the molecule is c1ccc(C2CCOC(c3ccccc3)O2)cc1. The molecular weight excluding hydrogens is 224 g/mol. The molecule has 2 nitrogen and oxygen atoms in total. The normalized spacial score (nSPS) is 23.8. The second-order valence-electron chi connectivity index (χ2n) is 4.44. The Labute approximate surface area is 107 Å². The number of benzene rings is 2. The monoisotopic (exact) mass is 240 g/mol. The van der Waals surface area contributed by atoms with Gasteiger partial charge >= 0.3 is 0 Å². The van der Waals surface area contributed by atoms with E-state index >= 15 is 0 Å². The Hall–Kier alpha value is -1.64. The maximum absolute atomic E-state index is 6.04. The summed E-state index contributed by atoms with van der Waals surface area (Å²) < 4.78 is 11.7. The summed E-state index contributed by atoms with van der Waals surface area (Å²) in [5, 5.41) is 0. The molecule has 0 spiro atoms. The van der Waals surface area contributed by atoms with Crippen LogP contribution in [0.5, 0.6) is 0 Å². The maximum Gasteiger partial charge on any atom is 0.184 e. The largest absolute Gasteiger partial charge is 0.348 e. The summed E-state index contributed by atoms with van der Waals surface area (Å²) in [5.74, 6) is 0. The minimum Gasteiger partial charge on any atom is -0.348 e. The molecule has 0 aromatic heterocycles. The molecule has 1 fully saturated rings. The van der Waals surface area contributed by atoms with Gasteiger partial charge in [0.1, 0.15) is 0 Å². The molecule has 0 radical (unpaired) electrons. The molecule has 18 heavy (non-hydrogen) atoms. The molecule has 2 unspecified atom stereocenters. The number of hydrogen-bond acceptors (Lipinski definition) is 2. The van der Waals surface area contributed by atoms with E-state index in [0.29, 0.717) is 0 Å². The van der Waals surface area contributed by atoms with Gasteiger partial charge in [0.2, 0.25) is 0 Å². The van der Waals surface area contributed by atoms with Crippen LogP contribution in [0, 0.1) is 0 Å². The molecule has 0 aliphatic carbocycles. The predicted molar refractivity (Wildman–Crippen MR) is 70.0 cm³/mol. The third-order valence-electron chi connectivity index (χ3n) is 3.18. The first-order valence-electron chi connectivity index (χ1n) is 6.30. The van der Waals surface area contributed by atoms with E-state index in [1.807, 2.05) is 48.5 Å². The van der Waals surface area contributed by atoms with Crippen LogP contribution in [-0.2, 0) is 9.47 Å². The Morgan fingerprint density at radius 1 is 0.778 bits per heavy atom. The van der Waals surface area contributed by atoms with E-state index in [4.69, 9.17) is 9.47 Å². The minimum absolute atomic E-state index is 0.130. The van der Waals surface area contributed by atoms with Gasteiger partial charge in [-0.25, -0.2) is 0 Å². The molecular formula is C16H16O2. The smallest absolute Gasteiger partial charge is 0.184 e. The van der Waals surface area contributed by atoms with E-state index in [-0.39, 0.29) is 12.4 Å². The van der Waals surface area contributed by atoms with Gasteiger partial charge in [-0.15, -0.1) is 0 Å². The topological polar surface area (TPSA) is 18.5 Å². The van der Waals surface area contributed by atoms with Gasteiger partial charge in [-0.05, 0) is 5.56 Å². The summed E-state index contributed by atoms with van der Waals surface area (Å²) in [6.45, 7) is 0.735. The highest BCUT2D eigenvalue weighted by molar-refractivity contribution is 5.20. The Morgan fingerprint density at radius 3 is 2.06 bits per heavy atom. The molecule has 2 aromatic carbocycles. The first-order valence-corrected chi connectivity index (χ1v) is 6.30. The average Bonchev–Trinajstić information content (AvgIpc) is 2.49. The fraction of sp³-hybridized carbons (Fsp3) is 0.250. The lowest BCUT2D eigenvalue weighted by Gasteiger charge is -2.30. The van der Waals surface area contributed by atoms with E-state index in [0.717, 1.165) is 18.6 Å². The quantitative estimate of drug-likeness (QED) is 0.793. The van der Waals surface area contributed by atoms with Crippen molar-refractivity contribution in [3.63, 3.8) is 0 Å². The Bertz CT molecular complexity index is 435. The second kappa shape index (κ2) is 5.34. The number of ether oxygens (including phenoxy) is 2. The number of rotatable bonds is 2. The second-order valence-corrected chi connectivity index (χ2v) is 4.44. The lowest BCUT2D eigenvalue weighted by Crippen LogP contribution is -2.21. The van der Waals surface area contributed by atoms with E-state index in [1.165, 1.54) is 5.56 Å². The van der Waals surface area contributed by atoms with Crippen LogP contribution in [0.4, 0.5) is 0 Å². The maximum atomic E-state index is 6.04. The summed E-state index contributed by atoms with van der Waals surface area (Å²) >= 11 is 0. The van der Waals surface area contributed by atoms with Gasteiger partial charge in [-0.3, -0.25) is 0 Å². The highest BCUT2D eigenvalue weighted by Crippen LogP contribution is 2.34. The zero-order valence-electron chi connectivity index (χ0n) is 10.2. The van der Waals surface area contributed by atoms with Crippen LogP contribution >= 0.6 is 0 Å². The molecule has 0 saturated carbocycles. The van der Waals surface area contributed by atoms with Gasteiger partial charge in [-0.1, -0.05) is 60.7 Å². The first-order chi connectivity index (χ1) is 8.93. The highest BCUT2D eigenvalue weighted by Gasteiger charge is 2.25. The molecule has 1 aliphatic rings. The Balaban J connectivity index is 1.77. The molecule has 2 aromatic rings. The van der Waals surface area contributed by atoms with Gasteiger partial charge in [0.15, 0.2) is 6.29 Å². The molecule has 2 atom stereocenters. The lowest BCUT2D eigenvalue weighted by molar-refractivity contribution is -0.219. The fourth-order valence-corrected chi connectivity index (χ4v) is 2.24. The van der Waals surface area contributed by atoms with Crippen molar-refractivity contribution in [2.24, 2.45) is 0 Å². The average molecular weight is 240 g/mol. The zero-order chi connectivity index (χ0) is 12.2. The predicted octanol–water partition coefficient (Wildman–Crippen LogP) is 3.86. The van der Waals surface area contributed by atoms with Gasteiger partial charge in [-0.2, -0.15) is 0 Å². The van der Waals surface area contributed by atoms with Gasteiger partial charge in [0, 0.05) is 12.0 Å². The lowest BCUT2D eigenvalue weighted by atomic mass is 10.1. The van der Waals surface area contributed by atoms with E-state index in [1.54, 1.807) is 0 Å². The van der Waals surface area contributed by atoms with E-state index < -0.39 is 0 Å². The molecule has 0 amide bonds. The van der Waals surface area contributed by atoms with Crippen LogP contribution in [0.25, 0.3) is 0 Å². The van der Waals surface area contributed by atoms with Gasteiger partial charge < -0.3 is 9.47 Å². The number of hydrogen-bond donors (Lipinski definition) is 0. The van der Waals surface area contributed by atoms with Gasteiger partial charge in [0.05, 0.1) is 12.7 Å². The van der Waals surface area contributed by atoms with Crippen molar-refractivity contribution in [2.45, 2.75) is 18.8 Å². The van der Waals surface area contributed by atoms with Crippen LogP contribution in [0.3, 0.4) is 0 Å². The Kier molecular flexibility index (Phi) is 3.40. The highest BCUT2D eigenvalue weighted by atomic mass is 16.7. The van der Waals surface area contributed by atoms with Gasteiger partial charge in [0.25, 0.3) is 0 Å². The van der Waals surface area contributed by atoms with Crippen LogP contribution in [0.15, 0.2) is 60.7 Å². The molecule has 1 heterocycles. The third-order valence-corrected chi connectivity index (χ3v) is 3.18. The fourth-order valence-electron chi connectivity index (χ4n) is 2.24. The van der Waals surface area contributed by atoms with E-state index in [9.17, 15) is 0 Å². The molecule has 92 valence electrons. The first kappa shape index (κ1) is 11.5.